The van der Waals surface area contributed by atoms with Gasteiger partial charge in [0.2, 0.25) is 0 Å². The highest BCUT2D eigenvalue weighted by Crippen LogP contribution is 2.18. The third kappa shape index (κ3) is 3.62. The summed E-state index contributed by atoms with van der Waals surface area (Å²) in [6.07, 6.45) is 0.880. The largest absolute Gasteiger partial charge is 0.374 e. The fourth-order valence-corrected chi connectivity index (χ4v) is 1.94. The summed E-state index contributed by atoms with van der Waals surface area (Å²) in [6, 6.07) is 1.10. The highest BCUT2D eigenvalue weighted by atomic mass is 35.5. The average Bonchev–Trinajstić information content (AvgIpc) is 2.46. The number of ether oxygens (including phenoxy) is 1. The summed E-state index contributed by atoms with van der Waals surface area (Å²) in [7, 11) is 0. The van der Waals surface area contributed by atoms with Gasteiger partial charge in [0.05, 0.1) is 23.2 Å². The molecule has 1 aliphatic heterocycles. The van der Waals surface area contributed by atoms with Gasteiger partial charge in [0, 0.05) is 25.7 Å². The van der Waals surface area contributed by atoms with Crippen molar-refractivity contribution in [1.82, 2.24) is 15.6 Å². The number of carbonyl (C=O) groups is 1. The van der Waals surface area contributed by atoms with Crippen LogP contribution in [0.2, 0.25) is 5.15 Å². The van der Waals surface area contributed by atoms with Crippen LogP contribution in [0.3, 0.4) is 0 Å². The van der Waals surface area contributed by atoms with Crippen molar-refractivity contribution in [2.75, 3.05) is 26.2 Å². The predicted octanol–water partition coefficient (Wildman–Crippen LogP) is 0.361. The number of aromatic nitrogens is 1. The summed E-state index contributed by atoms with van der Waals surface area (Å²) >= 11 is 5.78. The molecule has 9 heteroatoms. The molecule has 0 saturated carbocycles. The number of nitrogens with one attached hydrogen (secondary N) is 2. The molecule has 20 heavy (non-hydrogen) atoms. The SMILES string of the molecule is O=C(NCC1CNCCO1)c1cc([N+](=O)[O-])cnc1Cl. The maximum atomic E-state index is 11.9. The van der Waals surface area contributed by atoms with Gasteiger partial charge in [-0.25, -0.2) is 4.98 Å². The summed E-state index contributed by atoms with van der Waals surface area (Å²) < 4.78 is 5.42. The summed E-state index contributed by atoms with van der Waals surface area (Å²) in [5.41, 5.74) is -0.306. The van der Waals surface area contributed by atoms with Crippen molar-refractivity contribution in [2.24, 2.45) is 0 Å². The minimum atomic E-state index is -0.631. The van der Waals surface area contributed by atoms with Gasteiger partial charge in [-0.3, -0.25) is 14.9 Å². The topological polar surface area (TPSA) is 106 Å². The van der Waals surface area contributed by atoms with Crippen LogP contribution in [0, 0.1) is 10.1 Å². The van der Waals surface area contributed by atoms with Crippen molar-refractivity contribution in [3.63, 3.8) is 0 Å². The molecule has 108 valence electrons. The summed E-state index contributed by atoms with van der Waals surface area (Å²) in [4.78, 5) is 25.6. The van der Waals surface area contributed by atoms with E-state index in [0.29, 0.717) is 19.7 Å². The number of nitro groups is 1. The van der Waals surface area contributed by atoms with Crippen LogP contribution in [0.4, 0.5) is 5.69 Å². The molecule has 2 heterocycles. The van der Waals surface area contributed by atoms with Gasteiger partial charge in [0.25, 0.3) is 11.6 Å². The second-order valence-electron chi connectivity index (χ2n) is 4.20. The van der Waals surface area contributed by atoms with E-state index in [1.807, 2.05) is 0 Å². The van der Waals surface area contributed by atoms with Gasteiger partial charge in [-0.1, -0.05) is 11.6 Å². The van der Waals surface area contributed by atoms with Crippen LogP contribution >= 0.6 is 11.6 Å². The zero-order valence-corrected chi connectivity index (χ0v) is 11.2. The monoisotopic (exact) mass is 300 g/mol. The van der Waals surface area contributed by atoms with Crippen molar-refractivity contribution in [1.29, 1.82) is 0 Å². The molecule has 1 aliphatic rings. The Morgan fingerprint density at radius 3 is 3.15 bits per heavy atom. The lowest BCUT2D eigenvalue weighted by atomic mass is 10.2. The van der Waals surface area contributed by atoms with Crippen LogP contribution in [0.5, 0.6) is 0 Å². The number of carbonyl (C=O) groups excluding carboxylic acids is 1. The molecule has 1 amide bonds. The maximum Gasteiger partial charge on any atom is 0.288 e. The Labute approximate surface area is 119 Å². The summed E-state index contributed by atoms with van der Waals surface area (Å²) in [6.45, 7) is 2.30. The van der Waals surface area contributed by atoms with Crippen LogP contribution in [-0.4, -0.2) is 48.2 Å². The molecule has 1 unspecified atom stereocenters. The van der Waals surface area contributed by atoms with E-state index in [-0.39, 0.29) is 22.5 Å². The minimum Gasteiger partial charge on any atom is -0.374 e. The predicted molar refractivity (Wildman–Crippen MR) is 70.8 cm³/mol. The van der Waals surface area contributed by atoms with Crippen molar-refractivity contribution < 1.29 is 14.5 Å². The van der Waals surface area contributed by atoms with E-state index in [9.17, 15) is 14.9 Å². The second kappa shape index (κ2) is 6.60. The van der Waals surface area contributed by atoms with Crippen LogP contribution in [0.25, 0.3) is 0 Å². The first-order valence-electron chi connectivity index (χ1n) is 5.98. The Bertz CT molecular complexity index is 519. The van der Waals surface area contributed by atoms with E-state index in [1.54, 1.807) is 0 Å². The Kier molecular flexibility index (Phi) is 4.83. The third-order valence-electron chi connectivity index (χ3n) is 2.77. The number of rotatable bonds is 4. The van der Waals surface area contributed by atoms with Gasteiger partial charge >= 0.3 is 0 Å². The molecule has 0 bridgehead atoms. The molecule has 0 aliphatic carbocycles. The maximum absolute atomic E-state index is 11.9. The van der Waals surface area contributed by atoms with Gasteiger partial charge in [-0.15, -0.1) is 0 Å². The first-order chi connectivity index (χ1) is 9.58. The lowest BCUT2D eigenvalue weighted by Gasteiger charge is -2.23. The molecule has 2 rings (SSSR count). The molecule has 0 radical (unpaired) electrons. The molecule has 1 aromatic rings. The number of nitrogens with zero attached hydrogens (tertiary/aromatic N) is 2. The van der Waals surface area contributed by atoms with Crippen LogP contribution in [0.1, 0.15) is 10.4 Å². The number of halogens is 1. The molecule has 8 nitrogen and oxygen atoms in total. The first-order valence-corrected chi connectivity index (χ1v) is 6.36. The lowest BCUT2D eigenvalue weighted by molar-refractivity contribution is -0.385. The van der Waals surface area contributed by atoms with E-state index in [4.69, 9.17) is 16.3 Å². The van der Waals surface area contributed by atoms with Gasteiger partial charge in [0.15, 0.2) is 0 Å². The smallest absolute Gasteiger partial charge is 0.288 e. The van der Waals surface area contributed by atoms with E-state index < -0.39 is 10.8 Å². The van der Waals surface area contributed by atoms with Crippen LogP contribution < -0.4 is 10.6 Å². The molecular weight excluding hydrogens is 288 g/mol. The molecule has 1 fully saturated rings. The van der Waals surface area contributed by atoms with Crippen molar-refractivity contribution >= 4 is 23.2 Å². The van der Waals surface area contributed by atoms with Gasteiger partial charge in [-0.2, -0.15) is 0 Å². The molecular formula is C11H13ClN4O4. The number of hydrogen-bond acceptors (Lipinski definition) is 6. The van der Waals surface area contributed by atoms with Crippen LogP contribution in [0.15, 0.2) is 12.3 Å². The molecule has 0 aromatic carbocycles. The second-order valence-corrected chi connectivity index (χ2v) is 4.55. The Morgan fingerprint density at radius 2 is 2.50 bits per heavy atom. The quantitative estimate of drug-likeness (QED) is 0.472. The Balaban J connectivity index is 2.00. The fourth-order valence-electron chi connectivity index (χ4n) is 1.75. The number of amides is 1. The minimum absolute atomic E-state index is 0.0235. The molecule has 2 N–H and O–H groups in total. The lowest BCUT2D eigenvalue weighted by Crippen LogP contribution is -2.45. The van der Waals surface area contributed by atoms with E-state index in [1.165, 1.54) is 0 Å². The van der Waals surface area contributed by atoms with E-state index >= 15 is 0 Å². The van der Waals surface area contributed by atoms with Gasteiger partial charge in [0.1, 0.15) is 11.3 Å². The number of morpholine rings is 1. The number of pyridine rings is 1. The van der Waals surface area contributed by atoms with E-state index in [0.717, 1.165) is 18.8 Å². The zero-order valence-electron chi connectivity index (χ0n) is 10.5. The van der Waals surface area contributed by atoms with Crippen LogP contribution in [-0.2, 0) is 4.74 Å². The zero-order chi connectivity index (χ0) is 14.5. The summed E-state index contributed by atoms with van der Waals surface area (Å²) in [5, 5.41) is 16.3. The van der Waals surface area contributed by atoms with Gasteiger partial charge in [-0.05, 0) is 0 Å². The third-order valence-corrected chi connectivity index (χ3v) is 3.08. The summed E-state index contributed by atoms with van der Waals surface area (Å²) in [5.74, 6) is -0.514. The number of hydrogen-bond donors (Lipinski definition) is 2. The highest BCUT2D eigenvalue weighted by molar-refractivity contribution is 6.32. The molecule has 1 aromatic heterocycles. The standard InChI is InChI=1S/C11H13ClN4O4/c12-10-9(3-7(4-14-10)16(18)19)11(17)15-6-8-5-13-1-2-20-8/h3-4,8,13H,1-2,5-6H2,(H,15,17). The van der Waals surface area contributed by atoms with E-state index in [2.05, 4.69) is 15.6 Å². The first kappa shape index (κ1) is 14.6. The average molecular weight is 301 g/mol. The Morgan fingerprint density at radius 1 is 1.70 bits per heavy atom. The normalized spacial score (nSPS) is 18.6. The van der Waals surface area contributed by atoms with Crippen molar-refractivity contribution in [3.8, 4) is 0 Å². The molecule has 1 atom stereocenters. The molecule has 0 spiro atoms. The molecule has 1 saturated heterocycles. The highest BCUT2D eigenvalue weighted by Gasteiger charge is 2.19. The van der Waals surface area contributed by atoms with Crippen molar-refractivity contribution in [2.45, 2.75) is 6.10 Å². The fraction of sp³-hybridized carbons (Fsp3) is 0.455. The van der Waals surface area contributed by atoms with Crippen molar-refractivity contribution in [3.05, 3.63) is 33.1 Å². The van der Waals surface area contributed by atoms with Gasteiger partial charge < -0.3 is 15.4 Å². The Hall–Kier alpha value is -1.77.